The van der Waals surface area contributed by atoms with E-state index in [4.69, 9.17) is 5.73 Å². The van der Waals surface area contributed by atoms with Gasteiger partial charge in [-0.15, -0.1) is 0 Å². The van der Waals surface area contributed by atoms with Gasteiger partial charge in [0.25, 0.3) is 0 Å². The van der Waals surface area contributed by atoms with Crippen molar-refractivity contribution in [3.8, 4) is 0 Å². The van der Waals surface area contributed by atoms with Crippen molar-refractivity contribution in [2.45, 2.75) is 40.7 Å². The number of rotatable bonds is 5. The van der Waals surface area contributed by atoms with Crippen molar-refractivity contribution in [1.82, 2.24) is 0 Å². The summed E-state index contributed by atoms with van der Waals surface area (Å²) in [7, 11) is 0. The fourth-order valence-electron chi connectivity index (χ4n) is 1.65. The summed E-state index contributed by atoms with van der Waals surface area (Å²) in [4.78, 5) is 0. The van der Waals surface area contributed by atoms with Crippen molar-refractivity contribution in [2.24, 2.45) is 23.5 Å². The first-order chi connectivity index (χ1) is 6.41. The lowest BCUT2D eigenvalue weighted by molar-refractivity contribution is 0.289. The summed E-state index contributed by atoms with van der Waals surface area (Å²) in [5.74, 6) is 1.62. The Hall–Kier alpha value is -0.560. The van der Waals surface area contributed by atoms with Crippen molar-refractivity contribution < 1.29 is 0 Å². The molecular weight excluding hydrogens is 170 g/mol. The van der Waals surface area contributed by atoms with Crippen molar-refractivity contribution in [3.05, 3.63) is 24.3 Å². The molecule has 1 heteroatoms. The van der Waals surface area contributed by atoms with Gasteiger partial charge in [0.05, 0.1) is 0 Å². The van der Waals surface area contributed by atoms with E-state index in [1.165, 1.54) is 5.57 Å². The third-order valence-electron chi connectivity index (χ3n) is 3.42. The highest BCUT2D eigenvalue weighted by atomic mass is 14.6. The molecule has 2 N–H and O–H groups in total. The van der Waals surface area contributed by atoms with Crippen LogP contribution >= 0.6 is 0 Å². The summed E-state index contributed by atoms with van der Waals surface area (Å²) in [5, 5.41) is 0. The molecule has 1 nitrogen and oxygen atoms in total. The third-order valence-corrected chi connectivity index (χ3v) is 3.42. The Kier molecular flexibility index (Phi) is 5.78. The van der Waals surface area contributed by atoms with Crippen LogP contribution in [0, 0.1) is 17.8 Å². The summed E-state index contributed by atoms with van der Waals surface area (Å²) < 4.78 is 0. The van der Waals surface area contributed by atoms with Gasteiger partial charge < -0.3 is 5.73 Å². The molecule has 0 amide bonds. The van der Waals surface area contributed by atoms with E-state index < -0.39 is 0 Å². The van der Waals surface area contributed by atoms with E-state index in [0.717, 1.165) is 0 Å². The standard InChI is InChI=1S/C13H25N/c1-7-8-13(14)12(6)11(5)10(4)9(2)3/h7-8,10-13H,2,14H2,1,3-6H3/b8-7+. The van der Waals surface area contributed by atoms with Crippen molar-refractivity contribution in [1.29, 1.82) is 0 Å². The minimum atomic E-state index is 0.164. The normalized spacial score (nSPS) is 20.4. The quantitative estimate of drug-likeness (QED) is 0.669. The second-order valence-electron chi connectivity index (χ2n) is 4.46. The minimum absolute atomic E-state index is 0.164. The fraction of sp³-hybridized carbons (Fsp3) is 0.692. The third kappa shape index (κ3) is 3.67. The number of allylic oxidation sites excluding steroid dienone is 2. The molecule has 0 saturated heterocycles. The molecule has 0 aliphatic carbocycles. The molecular formula is C13H25N. The summed E-state index contributed by atoms with van der Waals surface area (Å²) in [6.45, 7) is 14.8. The van der Waals surface area contributed by atoms with Crippen molar-refractivity contribution in [3.63, 3.8) is 0 Å². The summed E-state index contributed by atoms with van der Waals surface area (Å²) in [6.07, 6.45) is 4.10. The highest BCUT2D eigenvalue weighted by Gasteiger charge is 2.22. The minimum Gasteiger partial charge on any atom is -0.324 e. The number of hydrogen-bond donors (Lipinski definition) is 1. The van der Waals surface area contributed by atoms with Crippen LogP contribution in [-0.2, 0) is 0 Å². The second kappa shape index (κ2) is 6.02. The summed E-state index contributed by atoms with van der Waals surface area (Å²) in [5.41, 5.74) is 7.30. The molecule has 4 atom stereocenters. The van der Waals surface area contributed by atoms with Gasteiger partial charge in [-0.3, -0.25) is 0 Å². The Balaban J connectivity index is 4.37. The van der Waals surface area contributed by atoms with Crippen LogP contribution in [0.3, 0.4) is 0 Å². The van der Waals surface area contributed by atoms with E-state index in [1.807, 2.05) is 13.0 Å². The predicted octanol–water partition coefficient (Wildman–Crippen LogP) is 3.37. The smallest absolute Gasteiger partial charge is 0.0252 e. The van der Waals surface area contributed by atoms with Gasteiger partial charge in [0, 0.05) is 6.04 Å². The van der Waals surface area contributed by atoms with Crippen LogP contribution in [-0.4, -0.2) is 6.04 Å². The average Bonchev–Trinajstić information content (AvgIpc) is 2.14. The van der Waals surface area contributed by atoms with E-state index >= 15 is 0 Å². The highest BCUT2D eigenvalue weighted by molar-refractivity contribution is 5.00. The van der Waals surface area contributed by atoms with E-state index in [1.54, 1.807) is 0 Å². The van der Waals surface area contributed by atoms with Crippen LogP contribution in [0.15, 0.2) is 24.3 Å². The Bertz CT molecular complexity index is 205. The monoisotopic (exact) mass is 195 g/mol. The van der Waals surface area contributed by atoms with Crippen LogP contribution in [0.5, 0.6) is 0 Å². The molecule has 0 aliphatic rings. The SMILES string of the molecule is C=C(C)C(C)C(C)C(C)C(N)/C=C/C. The van der Waals surface area contributed by atoms with Gasteiger partial charge in [0.1, 0.15) is 0 Å². The lowest BCUT2D eigenvalue weighted by atomic mass is 9.78. The van der Waals surface area contributed by atoms with Crippen LogP contribution in [0.2, 0.25) is 0 Å². The second-order valence-corrected chi connectivity index (χ2v) is 4.46. The van der Waals surface area contributed by atoms with Gasteiger partial charge in [0.2, 0.25) is 0 Å². The predicted molar refractivity (Wildman–Crippen MR) is 65.1 cm³/mol. The zero-order valence-electron chi connectivity index (χ0n) is 10.2. The molecule has 0 aromatic carbocycles. The molecule has 0 aromatic heterocycles. The lowest BCUT2D eigenvalue weighted by Crippen LogP contribution is -2.33. The van der Waals surface area contributed by atoms with Crippen LogP contribution in [0.1, 0.15) is 34.6 Å². The largest absolute Gasteiger partial charge is 0.324 e. The van der Waals surface area contributed by atoms with Crippen molar-refractivity contribution >= 4 is 0 Å². The molecule has 0 aromatic rings. The van der Waals surface area contributed by atoms with Gasteiger partial charge >= 0.3 is 0 Å². The Labute approximate surface area is 89.1 Å². The molecule has 4 unspecified atom stereocenters. The fourth-order valence-corrected chi connectivity index (χ4v) is 1.65. The van der Waals surface area contributed by atoms with Gasteiger partial charge in [0.15, 0.2) is 0 Å². The Morgan fingerprint density at radius 3 is 2.07 bits per heavy atom. The number of hydrogen-bond acceptors (Lipinski definition) is 1. The molecule has 0 saturated carbocycles. The molecule has 0 spiro atoms. The van der Waals surface area contributed by atoms with E-state index in [2.05, 4.69) is 40.3 Å². The van der Waals surface area contributed by atoms with E-state index in [9.17, 15) is 0 Å². The summed E-state index contributed by atoms with van der Waals surface area (Å²) in [6, 6.07) is 0.164. The molecule has 14 heavy (non-hydrogen) atoms. The summed E-state index contributed by atoms with van der Waals surface area (Å²) >= 11 is 0. The molecule has 0 radical (unpaired) electrons. The molecule has 0 fully saturated rings. The first-order valence-electron chi connectivity index (χ1n) is 5.45. The zero-order chi connectivity index (χ0) is 11.3. The van der Waals surface area contributed by atoms with Gasteiger partial charge in [-0.2, -0.15) is 0 Å². The average molecular weight is 195 g/mol. The molecule has 0 bridgehead atoms. The molecule has 0 heterocycles. The van der Waals surface area contributed by atoms with Crippen molar-refractivity contribution in [2.75, 3.05) is 0 Å². The van der Waals surface area contributed by atoms with E-state index in [-0.39, 0.29) is 6.04 Å². The number of nitrogens with two attached hydrogens (primary N) is 1. The van der Waals surface area contributed by atoms with Crippen LogP contribution in [0.4, 0.5) is 0 Å². The molecule has 0 rings (SSSR count). The first-order valence-corrected chi connectivity index (χ1v) is 5.45. The highest BCUT2D eigenvalue weighted by Crippen LogP contribution is 2.27. The van der Waals surface area contributed by atoms with E-state index in [0.29, 0.717) is 17.8 Å². The Morgan fingerprint density at radius 2 is 1.71 bits per heavy atom. The van der Waals surface area contributed by atoms with Gasteiger partial charge in [-0.05, 0) is 31.6 Å². The zero-order valence-corrected chi connectivity index (χ0v) is 10.2. The molecule has 82 valence electrons. The Morgan fingerprint density at radius 1 is 1.21 bits per heavy atom. The van der Waals surface area contributed by atoms with Gasteiger partial charge in [-0.1, -0.05) is 45.1 Å². The maximum absolute atomic E-state index is 6.05. The molecule has 0 aliphatic heterocycles. The first kappa shape index (κ1) is 13.4. The maximum Gasteiger partial charge on any atom is 0.0252 e. The maximum atomic E-state index is 6.05. The van der Waals surface area contributed by atoms with Crippen LogP contribution < -0.4 is 5.73 Å². The van der Waals surface area contributed by atoms with Gasteiger partial charge in [-0.25, -0.2) is 0 Å². The lowest BCUT2D eigenvalue weighted by Gasteiger charge is -2.29. The van der Waals surface area contributed by atoms with Crippen LogP contribution in [0.25, 0.3) is 0 Å². The topological polar surface area (TPSA) is 26.0 Å².